The number of ether oxygens (including phenoxy) is 2. The minimum Gasteiger partial charge on any atom is -0.494 e. The van der Waals surface area contributed by atoms with Gasteiger partial charge in [0.05, 0.1) is 19.6 Å². The molecule has 0 aliphatic rings. The van der Waals surface area contributed by atoms with Crippen molar-refractivity contribution in [1.29, 1.82) is 0 Å². The highest BCUT2D eigenvalue weighted by Gasteiger charge is 2.20. The molecule has 0 heterocycles. The number of anilines is 1. The zero-order valence-electron chi connectivity index (χ0n) is 11.4. The third-order valence-corrected chi connectivity index (χ3v) is 2.88. The van der Waals surface area contributed by atoms with Crippen molar-refractivity contribution in [2.24, 2.45) is 5.92 Å². The normalized spacial score (nSPS) is 13.6. The first-order valence-electron chi connectivity index (χ1n) is 6.15. The molecule has 100 valence electrons. The summed E-state index contributed by atoms with van der Waals surface area (Å²) in [6.45, 7) is 6.41. The van der Waals surface area contributed by atoms with E-state index >= 15 is 0 Å². The van der Waals surface area contributed by atoms with Gasteiger partial charge in [0.2, 0.25) is 0 Å². The fraction of sp³-hybridized carbons (Fsp3) is 0.500. The van der Waals surface area contributed by atoms with Crippen LogP contribution in [-0.4, -0.2) is 25.7 Å². The number of methoxy groups -OCH3 is 1. The van der Waals surface area contributed by atoms with Crippen LogP contribution in [0.25, 0.3) is 0 Å². The standard InChI is InChI=1S/C14H21NO3/c1-5-18-13-8-6-12(7-9-13)15-11(3)10(2)14(16)17-4/h6-11,15H,5H2,1-4H3. The molecule has 2 atom stereocenters. The van der Waals surface area contributed by atoms with Gasteiger partial charge in [-0.15, -0.1) is 0 Å². The lowest BCUT2D eigenvalue weighted by molar-refractivity contribution is -0.145. The number of carbonyl (C=O) groups is 1. The molecule has 0 spiro atoms. The largest absolute Gasteiger partial charge is 0.494 e. The molecule has 0 radical (unpaired) electrons. The van der Waals surface area contributed by atoms with E-state index in [2.05, 4.69) is 5.32 Å². The second kappa shape index (κ2) is 6.89. The van der Waals surface area contributed by atoms with Crippen LogP contribution in [0.2, 0.25) is 0 Å². The van der Waals surface area contributed by atoms with Crippen LogP contribution in [0.4, 0.5) is 5.69 Å². The molecule has 4 heteroatoms. The van der Waals surface area contributed by atoms with E-state index in [0.717, 1.165) is 11.4 Å². The average Bonchev–Trinajstić information content (AvgIpc) is 2.39. The Balaban J connectivity index is 2.58. The van der Waals surface area contributed by atoms with E-state index in [1.165, 1.54) is 7.11 Å². The third kappa shape index (κ3) is 3.95. The Morgan fingerprint density at radius 3 is 2.39 bits per heavy atom. The van der Waals surface area contributed by atoms with Gasteiger partial charge in [-0.2, -0.15) is 0 Å². The van der Waals surface area contributed by atoms with Gasteiger partial charge in [0.25, 0.3) is 0 Å². The molecule has 1 aromatic carbocycles. The summed E-state index contributed by atoms with van der Waals surface area (Å²) in [7, 11) is 1.41. The van der Waals surface area contributed by atoms with Crippen molar-refractivity contribution in [3.05, 3.63) is 24.3 Å². The lowest BCUT2D eigenvalue weighted by atomic mass is 10.0. The fourth-order valence-corrected chi connectivity index (χ4v) is 1.59. The van der Waals surface area contributed by atoms with E-state index in [1.54, 1.807) is 0 Å². The number of benzene rings is 1. The van der Waals surface area contributed by atoms with Crippen LogP contribution >= 0.6 is 0 Å². The second-order valence-electron chi connectivity index (χ2n) is 4.20. The smallest absolute Gasteiger partial charge is 0.310 e. The molecule has 1 aromatic rings. The van der Waals surface area contributed by atoms with Gasteiger partial charge >= 0.3 is 5.97 Å². The first-order chi connectivity index (χ1) is 8.58. The molecular weight excluding hydrogens is 230 g/mol. The van der Waals surface area contributed by atoms with Crippen LogP contribution in [0, 0.1) is 5.92 Å². The molecule has 1 N–H and O–H groups in total. The van der Waals surface area contributed by atoms with E-state index in [1.807, 2.05) is 45.0 Å². The third-order valence-electron chi connectivity index (χ3n) is 2.88. The van der Waals surface area contributed by atoms with Crippen LogP contribution in [0.5, 0.6) is 5.75 Å². The highest BCUT2D eigenvalue weighted by Crippen LogP contribution is 2.18. The van der Waals surface area contributed by atoms with Gasteiger partial charge in [-0.3, -0.25) is 4.79 Å². The van der Waals surface area contributed by atoms with E-state index in [-0.39, 0.29) is 17.9 Å². The lowest BCUT2D eigenvalue weighted by Crippen LogP contribution is -2.30. The maximum Gasteiger partial charge on any atom is 0.310 e. The Bertz CT molecular complexity index is 375. The van der Waals surface area contributed by atoms with Crippen molar-refractivity contribution in [2.75, 3.05) is 19.0 Å². The number of nitrogens with one attached hydrogen (secondary N) is 1. The number of hydrogen-bond acceptors (Lipinski definition) is 4. The highest BCUT2D eigenvalue weighted by molar-refractivity contribution is 5.73. The SMILES string of the molecule is CCOc1ccc(NC(C)C(C)C(=O)OC)cc1. The first kappa shape index (κ1) is 14.4. The highest BCUT2D eigenvalue weighted by atomic mass is 16.5. The summed E-state index contributed by atoms with van der Waals surface area (Å²) in [5.74, 6) is 0.444. The van der Waals surface area contributed by atoms with Gasteiger partial charge in [0.15, 0.2) is 0 Å². The van der Waals surface area contributed by atoms with Crippen LogP contribution in [0.3, 0.4) is 0 Å². The van der Waals surface area contributed by atoms with Crippen molar-refractivity contribution >= 4 is 11.7 Å². The van der Waals surface area contributed by atoms with Crippen LogP contribution in [0.1, 0.15) is 20.8 Å². The van der Waals surface area contributed by atoms with Gasteiger partial charge in [-0.05, 0) is 45.0 Å². The summed E-state index contributed by atoms with van der Waals surface area (Å²) >= 11 is 0. The summed E-state index contributed by atoms with van der Waals surface area (Å²) in [5, 5.41) is 3.27. The Labute approximate surface area is 108 Å². The minimum atomic E-state index is -0.207. The second-order valence-corrected chi connectivity index (χ2v) is 4.20. The van der Waals surface area contributed by atoms with E-state index in [4.69, 9.17) is 9.47 Å². The zero-order valence-corrected chi connectivity index (χ0v) is 11.4. The summed E-state index contributed by atoms with van der Waals surface area (Å²) in [4.78, 5) is 11.4. The molecular formula is C14H21NO3. The number of hydrogen-bond donors (Lipinski definition) is 1. The molecule has 0 aromatic heterocycles. The van der Waals surface area contributed by atoms with Crippen LogP contribution in [0.15, 0.2) is 24.3 Å². The van der Waals surface area contributed by atoms with E-state index in [9.17, 15) is 4.79 Å². The quantitative estimate of drug-likeness (QED) is 0.790. The minimum absolute atomic E-state index is 0.00962. The molecule has 0 bridgehead atoms. The number of carbonyl (C=O) groups excluding carboxylic acids is 1. The van der Waals surface area contributed by atoms with E-state index in [0.29, 0.717) is 6.61 Å². The van der Waals surface area contributed by atoms with E-state index < -0.39 is 0 Å². The molecule has 0 aliphatic carbocycles. The van der Waals surface area contributed by atoms with Gasteiger partial charge in [0.1, 0.15) is 5.75 Å². The van der Waals surface area contributed by atoms with Gasteiger partial charge in [-0.1, -0.05) is 0 Å². The Morgan fingerprint density at radius 1 is 1.28 bits per heavy atom. The summed E-state index contributed by atoms with van der Waals surface area (Å²) < 4.78 is 10.1. The molecule has 2 unspecified atom stereocenters. The summed E-state index contributed by atoms with van der Waals surface area (Å²) in [6.07, 6.45) is 0. The molecule has 0 saturated carbocycles. The zero-order chi connectivity index (χ0) is 13.5. The predicted octanol–water partition coefficient (Wildman–Crippen LogP) is 2.69. The molecule has 0 saturated heterocycles. The maximum absolute atomic E-state index is 11.4. The Kier molecular flexibility index (Phi) is 5.49. The molecule has 18 heavy (non-hydrogen) atoms. The van der Waals surface area contributed by atoms with Gasteiger partial charge in [0, 0.05) is 11.7 Å². The van der Waals surface area contributed by atoms with Crippen molar-refractivity contribution in [3.63, 3.8) is 0 Å². The van der Waals surface area contributed by atoms with Gasteiger partial charge in [-0.25, -0.2) is 0 Å². The summed E-state index contributed by atoms with van der Waals surface area (Å²) in [5.41, 5.74) is 0.960. The number of rotatable bonds is 6. The van der Waals surface area contributed by atoms with Crippen molar-refractivity contribution < 1.29 is 14.3 Å². The van der Waals surface area contributed by atoms with Crippen molar-refractivity contribution in [2.45, 2.75) is 26.8 Å². The molecule has 0 aliphatic heterocycles. The Morgan fingerprint density at radius 2 is 1.89 bits per heavy atom. The number of esters is 1. The molecule has 0 fully saturated rings. The lowest BCUT2D eigenvalue weighted by Gasteiger charge is -2.20. The monoisotopic (exact) mass is 251 g/mol. The molecule has 0 amide bonds. The van der Waals surface area contributed by atoms with Crippen molar-refractivity contribution in [1.82, 2.24) is 0 Å². The van der Waals surface area contributed by atoms with Crippen molar-refractivity contribution in [3.8, 4) is 5.75 Å². The molecule has 1 rings (SSSR count). The average molecular weight is 251 g/mol. The van der Waals surface area contributed by atoms with Crippen LogP contribution < -0.4 is 10.1 Å². The fourth-order valence-electron chi connectivity index (χ4n) is 1.59. The summed E-state index contributed by atoms with van der Waals surface area (Å²) in [6, 6.07) is 7.69. The maximum atomic E-state index is 11.4. The van der Waals surface area contributed by atoms with Crippen LogP contribution in [-0.2, 0) is 9.53 Å². The predicted molar refractivity (Wildman–Crippen MR) is 71.9 cm³/mol. The van der Waals surface area contributed by atoms with Gasteiger partial charge < -0.3 is 14.8 Å². The Hall–Kier alpha value is -1.71. The molecule has 4 nitrogen and oxygen atoms in total. The first-order valence-corrected chi connectivity index (χ1v) is 6.15. The topological polar surface area (TPSA) is 47.6 Å².